The van der Waals surface area contributed by atoms with Gasteiger partial charge in [-0.2, -0.15) is 23.7 Å². The fourth-order valence-corrected chi connectivity index (χ4v) is 6.38. The van der Waals surface area contributed by atoms with Gasteiger partial charge in [-0.05, 0) is 79.9 Å². The molecule has 1 atom stereocenters. The van der Waals surface area contributed by atoms with E-state index >= 15 is 0 Å². The second-order valence-corrected chi connectivity index (χ2v) is 12.4. The number of amides is 3. The number of halogens is 3. The standard InChI is InChI=1S/C33H24F3N5O6S/c1-20-29(31(43)27-6-3-15-47-27)30(23-11-7-21(17-37)8-12-23)40(32(44)41(20)25-5-2-4-24(16-25)33(34,35)36)19-28(42)39-48(45,46)26-13-9-22(18-38)10-14-26/h3,5-16,30H,2,4,19H2,1H3,(H,39,42). The van der Waals surface area contributed by atoms with Crippen molar-refractivity contribution in [3.8, 4) is 12.1 Å². The molecule has 0 bridgehead atoms. The van der Waals surface area contributed by atoms with Gasteiger partial charge in [0.1, 0.15) is 6.54 Å². The number of nitriles is 2. The number of furan rings is 1. The van der Waals surface area contributed by atoms with Crippen LogP contribution < -0.4 is 4.72 Å². The molecule has 5 rings (SSSR count). The Morgan fingerprint density at radius 1 is 1.02 bits per heavy atom. The molecule has 1 aromatic heterocycles. The summed E-state index contributed by atoms with van der Waals surface area (Å²) in [4.78, 5) is 43.1. The van der Waals surface area contributed by atoms with E-state index in [0.29, 0.717) is 0 Å². The fraction of sp³-hybridized carbons (Fsp3) is 0.182. The SMILES string of the molecule is CC1=C(C(=O)c2ccco2)C(c2ccc(C#N)cc2)N(CC(=O)NS(=O)(=O)c2ccc(C#N)cc2)C(=O)N1C1=CCCC(C(F)(F)F)=C1. The summed E-state index contributed by atoms with van der Waals surface area (Å²) in [5, 5.41) is 18.4. The normalized spacial score (nSPS) is 16.9. The number of ketones is 1. The summed E-state index contributed by atoms with van der Waals surface area (Å²) in [7, 11) is -4.51. The Hall–Kier alpha value is -5.93. The van der Waals surface area contributed by atoms with Crippen LogP contribution in [0.2, 0.25) is 0 Å². The minimum atomic E-state index is -4.70. The van der Waals surface area contributed by atoms with Crippen LogP contribution in [0.5, 0.6) is 0 Å². The number of urea groups is 1. The van der Waals surface area contributed by atoms with E-state index in [1.807, 2.05) is 16.9 Å². The maximum absolute atomic E-state index is 14.3. The van der Waals surface area contributed by atoms with Crippen LogP contribution in [0, 0.1) is 22.7 Å². The molecule has 2 aromatic carbocycles. The molecular formula is C33H24F3N5O6S. The Morgan fingerprint density at radius 3 is 2.21 bits per heavy atom. The largest absolute Gasteiger partial charge is 0.461 e. The summed E-state index contributed by atoms with van der Waals surface area (Å²) in [5.74, 6) is -2.13. The van der Waals surface area contributed by atoms with Crippen molar-refractivity contribution in [2.75, 3.05) is 6.54 Å². The molecule has 0 saturated carbocycles. The zero-order valence-corrected chi connectivity index (χ0v) is 25.8. The zero-order chi connectivity index (χ0) is 34.8. The predicted molar refractivity (Wildman–Crippen MR) is 162 cm³/mol. The van der Waals surface area contributed by atoms with E-state index in [-0.39, 0.29) is 57.2 Å². The number of nitrogens with zero attached hydrogens (tertiary/aromatic N) is 4. The van der Waals surface area contributed by atoms with Crippen molar-refractivity contribution in [2.24, 2.45) is 0 Å². The van der Waals surface area contributed by atoms with Gasteiger partial charge in [0.15, 0.2) is 5.76 Å². The number of carbonyl (C=O) groups is 3. The number of rotatable bonds is 8. The lowest BCUT2D eigenvalue weighted by Crippen LogP contribution is -2.53. The number of hydrogen-bond acceptors (Lipinski definition) is 8. The highest BCUT2D eigenvalue weighted by atomic mass is 32.2. The maximum atomic E-state index is 14.3. The first-order chi connectivity index (χ1) is 22.7. The van der Waals surface area contributed by atoms with Gasteiger partial charge in [-0.15, -0.1) is 0 Å². The first-order valence-corrected chi connectivity index (χ1v) is 15.7. The van der Waals surface area contributed by atoms with Gasteiger partial charge in [-0.1, -0.05) is 18.2 Å². The molecule has 15 heteroatoms. The second-order valence-electron chi connectivity index (χ2n) is 10.7. The van der Waals surface area contributed by atoms with Crippen molar-refractivity contribution < 1.29 is 40.4 Å². The van der Waals surface area contributed by atoms with E-state index < -0.39 is 52.1 Å². The van der Waals surface area contributed by atoms with Crippen LogP contribution in [0.4, 0.5) is 18.0 Å². The third-order valence-corrected chi connectivity index (χ3v) is 9.05. The van der Waals surface area contributed by atoms with Gasteiger partial charge in [0.05, 0.1) is 46.0 Å². The Balaban J connectivity index is 1.64. The van der Waals surface area contributed by atoms with Crippen molar-refractivity contribution in [1.29, 1.82) is 10.5 Å². The topological polar surface area (TPSA) is 165 Å². The van der Waals surface area contributed by atoms with Gasteiger partial charge in [-0.25, -0.2) is 17.9 Å². The summed E-state index contributed by atoms with van der Waals surface area (Å²) in [6.07, 6.45) is -1.72. The van der Waals surface area contributed by atoms with Gasteiger partial charge in [0.25, 0.3) is 15.9 Å². The highest BCUT2D eigenvalue weighted by Crippen LogP contribution is 2.42. The number of allylic oxidation sites excluding steroid dienone is 4. The lowest BCUT2D eigenvalue weighted by Gasteiger charge is -2.43. The summed E-state index contributed by atoms with van der Waals surface area (Å²) in [6, 6.07) is 14.6. The molecule has 244 valence electrons. The predicted octanol–water partition coefficient (Wildman–Crippen LogP) is 5.63. The molecule has 1 aliphatic heterocycles. The van der Waals surface area contributed by atoms with Crippen LogP contribution in [0.15, 0.2) is 111 Å². The van der Waals surface area contributed by atoms with E-state index in [9.17, 15) is 41.2 Å². The molecule has 1 aliphatic carbocycles. The smallest absolute Gasteiger partial charge is 0.412 e. The van der Waals surface area contributed by atoms with Crippen LogP contribution >= 0.6 is 0 Å². The van der Waals surface area contributed by atoms with Crippen LogP contribution in [0.3, 0.4) is 0 Å². The number of carbonyl (C=O) groups excluding carboxylic acids is 3. The number of alkyl halides is 3. The number of benzene rings is 2. The molecular weight excluding hydrogens is 651 g/mol. The van der Waals surface area contributed by atoms with Gasteiger partial charge < -0.3 is 9.32 Å². The van der Waals surface area contributed by atoms with Crippen molar-refractivity contribution in [2.45, 2.75) is 36.9 Å². The minimum absolute atomic E-state index is 0.0523. The Morgan fingerprint density at radius 2 is 1.65 bits per heavy atom. The summed E-state index contributed by atoms with van der Waals surface area (Å²) >= 11 is 0. The molecule has 48 heavy (non-hydrogen) atoms. The highest BCUT2D eigenvalue weighted by Gasteiger charge is 2.45. The molecule has 3 aromatic rings. The van der Waals surface area contributed by atoms with E-state index in [2.05, 4.69) is 0 Å². The highest BCUT2D eigenvalue weighted by molar-refractivity contribution is 7.90. The number of sulfonamides is 1. The lowest BCUT2D eigenvalue weighted by molar-refractivity contribution is -0.120. The van der Waals surface area contributed by atoms with Crippen molar-refractivity contribution in [3.63, 3.8) is 0 Å². The molecule has 11 nitrogen and oxygen atoms in total. The monoisotopic (exact) mass is 675 g/mol. The third-order valence-electron chi connectivity index (χ3n) is 7.66. The molecule has 1 unspecified atom stereocenters. The molecule has 0 saturated heterocycles. The molecule has 0 spiro atoms. The first-order valence-electron chi connectivity index (χ1n) is 14.2. The second kappa shape index (κ2) is 13.1. The Kier molecular flexibility index (Phi) is 9.09. The molecule has 0 radical (unpaired) electrons. The number of hydrogen-bond donors (Lipinski definition) is 1. The average molecular weight is 676 g/mol. The van der Waals surface area contributed by atoms with E-state index in [1.165, 1.54) is 67.8 Å². The molecule has 2 heterocycles. The molecule has 2 aliphatic rings. The first kappa shape index (κ1) is 33.4. The lowest BCUT2D eigenvalue weighted by atomic mass is 9.88. The van der Waals surface area contributed by atoms with Crippen molar-refractivity contribution >= 4 is 27.7 Å². The van der Waals surface area contributed by atoms with Crippen molar-refractivity contribution in [3.05, 3.63) is 124 Å². The zero-order valence-electron chi connectivity index (χ0n) is 25.0. The van der Waals surface area contributed by atoms with Gasteiger partial charge >= 0.3 is 12.2 Å². The maximum Gasteiger partial charge on any atom is 0.412 e. The Bertz CT molecular complexity index is 2070. The van der Waals surface area contributed by atoms with Gasteiger partial charge in [0, 0.05) is 17.0 Å². The third kappa shape index (κ3) is 6.63. The summed E-state index contributed by atoms with van der Waals surface area (Å²) in [5.41, 5.74) is -0.671. The van der Waals surface area contributed by atoms with Crippen molar-refractivity contribution in [1.82, 2.24) is 14.5 Å². The van der Waals surface area contributed by atoms with Crippen LogP contribution in [-0.4, -0.2) is 48.7 Å². The number of nitrogens with one attached hydrogen (secondary N) is 1. The van der Waals surface area contributed by atoms with Gasteiger partial charge in [-0.3, -0.25) is 14.5 Å². The molecule has 3 amide bonds. The van der Waals surface area contributed by atoms with Gasteiger partial charge in [0.2, 0.25) is 5.78 Å². The van der Waals surface area contributed by atoms with E-state index in [1.54, 1.807) is 0 Å². The van der Waals surface area contributed by atoms with E-state index in [4.69, 9.17) is 9.68 Å². The average Bonchev–Trinajstić information content (AvgIpc) is 3.61. The van der Waals surface area contributed by atoms with Crippen LogP contribution in [-0.2, 0) is 14.8 Å². The minimum Gasteiger partial charge on any atom is -0.461 e. The Labute approximate surface area is 272 Å². The van der Waals surface area contributed by atoms with E-state index in [0.717, 1.165) is 28.0 Å². The quantitative estimate of drug-likeness (QED) is 0.300. The summed E-state index contributed by atoms with van der Waals surface area (Å²) < 4.78 is 74.6. The fourth-order valence-electron chi connectivity index (χ4n) is 5.40. The number of Topliss-reactive ketones (excluding diaryl/α,β-unsaturated/α-hetero) is 1. The van der Waals surface area contributed by atoms with Crippen LogP contribution in [0.1, 0.15) is 53.1 Å². The van der Waals surface area contributed by atoms with Crippen LogP contribution in [0.25, 0.3) is 0 Å². The summed E-state index contributed by atoms with van der Waals surface area (Å²) in [6.45, 7) is 0.398. The molecule has 1 N–H and O–H groups in total. The molecule has 0 fully saturated rings.